The molecule has 6 nitrogen and oxygen atoms in total. The zero-order valence-electron chi connectivity index (χ0n) is 18.1. The fourth-order valence-corrected chi connectivity index (χ4v) is 4.45. The molecular weight excluding hydrogens is 376 g/mol. The number of benzene rings is 1. The van der Waals surface area contributed by atoms with Gasteiger partial charge < -0.3 is 15.0 Å². The van der Waals surface area contributed by atoms with Gasteiger partial charge in [-0.25, -0.2) is 4.98 Å². The second-order valence-electron chi connectivity index (χ2n) is 8.44. The van der Waals surface area contributed by atoms with Crippen molar-refractivity contribution in [2.24, 2.45) is 5.92 Å². The average Bonchev–Trinajstić information content (AvgIpc) is 2.99. The summed E-state index contributed by atoms with van der Waals surface area (Å²) in [6.07, 6.45) is 5.28. The number of piperidine rings is 1. The molecule has 0 spiro atoms. The number of likely N-dealkylation sites (tertiary alicyclic amines) is 1. The highest BCUT2D eigenvalue weighted by Crippen LogP contribution is 2.31. The molecule has 4 rings (SSSR count). The molecule has 0 radical (unpaired) electrons. The van der Waals surface area contributed by atoms with Crippen LogP contribution in [0.2, 0.25) is 0 Å². The number of rotatable bonds is 5. The zero-order valence-corrected chi connectivity index (χ0v) is 18.1. The summed E-state index contributed by atoms with van der Waals surface area (Å²) in [5.41, 5.74) is 3.09. The van der Waals surface area contributed by atoms with Gasteiger partial charge in [-0.3, -0.25) is 4.79 Å². The van der Waals surface area contributed by atoms with Gasteiger partial charge in [-0.15, -0.1) is 0 Å². The number of carbonyl (C=O) groups excluding carboxylic acids is 1. The molecule has 2 heterocycles. The Morgan fingerprint density at radius 3 is 2.57 bits per heavy atom. The van der Waals surface area contributed by atoms with E-state index < -0.39 is 0 Å². The average molecular weight is 409 g/mol. The molecule has 1 aliphatic heterocycles. The van der Waals surface area contributed by atoms with Crippen molar-refractivity contribution in [3.63, 3.8) is 0 Å². The number of nitrogens with one attached hydrogen (secondary N) is 1. The molecule has 2 aromatic rings. The molecule has 6 heteroatoms. The highest BCUT2D eigenvalue weighted by molar-refractivity contribution is 5.79. The molecule has 0 saturated carbocycles. The second kappa shape index (κ2) is 9.56. The van der Waals surface area contributed by atoms with Gasteiger partial charge in [-0.1, -0.05) is 30.3 Å². The van der Waals surface area contributed by atoms with E-state index in [1.54, 1.807) is 0 Å². The second-order valence-corrected chi connectivity index (χ2v) is 8.44. The first-order chi connectivity index (χ1) is 14.6. The molecule has 160 valence electrons. The number of carbonyl (C=O) groups is 1. The number of hydrogen-bond acceptors (Lipinski definition) is 5. The molecule has 1 fully saturated rings. The van der Waals surface area contributed by atoms with Crippen LogP contribution in [0.1, 0.15) is 43.9 Å². The quantitative estimate of drug-likeness (QED) is 0.770. The first-order valence-electron chi connectivity index (χ1n) is 11.2. The summed E-state index contributed by atoms with van der Waals surface area (Å²) in [5, 5.41) is 3.31. The summed E-state index contributed by atoms with van der Waals surface area (Å²) in [6, 6.07) is 10.3. The predicted octanol–water partition coefficient (Wildman–Crippen LogP) is 3.25. The van der Waals surface area contributed by atoms with Crippen LogP contribution in [0.15, 0.2) is 30.3 Å². The van der Waals surface area contributed by atoms with Gasteiger partial charge in [0, 0.05) is 23.1 Å². The van der Waals surface area contributed by atoms with Gasteiger partial charge in [0.15, 0.2) is 5.82 Å². The minimum atomic E-state index is 0.0218. The molecule has 1 aromatic carbocycles. The number of ether oxygens (including phenoxy) is 1. The maximum atomic E-state index is 13.0. The van der Waals surface area contributed by atoms with Gasteiger partial charge >= 0.3 is 0 Å². The van der Waals surface area contributed by atoms with E-state index in [1.807, 2.05) is 37.3 Å². The topological polar surface area (TPSA) is 67.3 Å². The van der Waals surface area contributed by atoms with E-state index in [0.29, 0.717) is 24.4 Å². The van der Waals surface area contributed by atoms with Crippen LogP contribution in [0.4, 0.5) is 0 Å². The normalized spacial score (nSPS) is 20.3. The van der Waals surface area contributed by atoms with Crippen molar-refractivity contribution in [2.75, 3.05) is 26.7 Å². The van der Waals surface area contributed by atoms with E-state index in [9.17, 15) is 4.79 Å². The van der Waals surface area contributed by atoms with Crippen LogP contribution in [0.25, 0.3) is 11.4 Å². The highest BCUT2D eigenvalue weighted by Gasteiger charge is 2.28. The standard InChI is InChI=1S/C24H32N4O2/c1-3-30-24-20-11-9-18(23(29)25-19-13-15-28(2)16-14-19)10-12-21(20)26-22(27-24)17-7-5-4-6-8-17/h4-8,18-19H,3,9-16H2,1-2H3,(H,25,29). The largest absolute Gasteiger partial charge is 0.478 e. The monoisotopic (exact) mass is 408 g/mol. The van der Waals surface area contributed by atoms with E-state index in [4.69, 9.17) is 14.7 Å². The Hall–Kier alpha value is -2.47. The Labute approximate surface area is 179 Å². The van der Waals surface area contributed by atoms with Crippen LogP contribution in [-0.2, 0) is 17.6 Å². The van der Waals surface area contributed by atoms with Crippen LogP contribution in [0, 0.1) is 5.92 Å². The van der Waals surface area contributed by atoms with Gasteiger partial charge in [0.2, 0.25) is 11.8 Å². The van der Waals surface area contributed by atoms with Gasteiger partial charge in [0.05, 0.1) is 12.3 Å². The molecule has 1 atom stereocenters. The van der Waals surface area contributed by atoms with E-state index >= 15 is 0 Å². The van der Waals surface area contributed by atoms with Gasteiger partial charge in [0.25, 0.3) is 0 Å². The van der Waals surface area contributed by atoms with Gasteiger partial charge in [-0.2, -0.15) is 4.98 Å². The van der Waals surface area contributed by atoms with Crippen molar-refractivity contribution in [2.45, 2.75) is 51.5 Å². The molecule has 0 bridgehead atoms. The van der Waals surface area contributed by atoms with Crippen LogP contribution in [-0.4, -0.2) is 53.6 Å². The lowest BCUT2D eigenvalue weighted by Gasteiger charge is -2.30. The summed E-state index contributed by atoms with van der Waals surface area (Å²) < 4.78 is 5.89. The number of amides is 1. The molecule has 30 heavy (non-hydrogen) atoms. The number of nitrogens with zero attached hydrogens (tertiary/aromatic N) is 3. The molecule has 1 amide bonds. The molecular formula is C24H32N4O2. The highest BCUT2D eigenvalue weighted by atomic mass is 16.5. The summed E-state index contributed by atoms with van der Waals surface area (Å²) in [6.45, 7) is 4.65. The Bertz CT molecular complexity index is 863. The van der Waals surface area contributed by atoms with E-state index in [1.165, 1.54) is 0 Å². The zero-order chi connectivity index (χ0) is 20.9. The van der Waals surface area contributed by atoms with Crippen molar-refractivity contribution in [1.29, 1.82) is 0 Å². The summed E-state index contributed by atoms with van der Waals surface area (Å²) in [4.78, 5) is 24.9. The summed E-state index contributed by atoms with van der Waals surface area (Å²) >= 11 is 0. The van der Waals surface area contributed by atoms with E-state index in [0.717, 1.165) is 68.4 Å². The molecule has 1 N–H and O–H groups in total. The predicted molar refractivity (Wildman–Crippen MR) is 117 cm³/mol. The molecule has 1 aliphatic carbocycles. The SMILES string of the molecule is CCOc1nc(-c2ccccc2)nc2c1CCC(C(=O)NC1CCN(C)CC1)CC2. The first-order valence-corrected chi connectivity index (χ1v) is 11.2. The van der Waals surface area contributed by atoms with E-state index in [2.05, 4.69) is 17.3 Å². The molecule has 1 aromatic heterocycles. The fraction of sp³-hybridized carbons (Fsp3) is 0.542. The van der Waals surface area contributed by atoms with Crippen molar-refractivity contribution in [1.82, 2.24) is 20.2 Å². The Balaban J connectivity index is 1.49. The van der Waals surface area contributed by atoms with Crippen LogP contribution in [0.3, 0.4) is 0 Å². The van der Waals surface area contributed by atoms with Gasteiger partial charge in [-0.05, 0) is 65.6 Å². The lowest BCUT2D eigenvalue weighted by molar-refractivity contribution is -0.126. The van der Waals surface area contributed by atoms with Crippen LogP contribution >= 0.6 is 0 Å². The van der Waals surface area contributed by atoms with Crippen molar-refractivity contribution in [3.05, 3.63) is 41.6 Å². The number of aryl methyl sites for hydroxylation is 1. The maximum absolute atomic E-state index is 13.0. The van der Waals surface area contributed by atoms with E-state index in [-0.39, 0.29) is 11.8 Å². The molecule has 1 saturated heterocycles. The minimum Gasteiger partial charge on any atom is -0.478 e. The lowest BCUT2D eigenvalue weighted by Crippen LogP contribution is -2.45. The summed E-state index contributed by atoms with van der Waals surface area (Å²) in [7, 11) is 2.14. The maximum Gasteiger partial charge on any atom is 0.223 e. The molecule has 2 aliphatic rings. The smallest absolute Gasteiger partial charge is 0.223 e. The van der Waals surface area contributed by atoms with Crippen molar-refractivity contribution >= 4 is 5.91 Å². The third-order valence-corrected chi connectivity index (χ3v) is 6.28. The Morgan fingerprint density at radius 2 is 1.83 bits per heavy atom. The minimum absolute atomic E-state index is 0.0218. The van der Waals surface area contributed by atoms with Gasteiger partial charge in [0.1, 0.15) is 0 Å². The first kappa shape index (κ1) is 20.8. The number of aromatic nitrogens is 2. The number of fused-ring (bicyclic) bond motifs is 1. The van der Waals surface area contributed by atoms with Crippen molar-refractivity contribution in [3.8, 4) is 17.3 Å². The third kappa shape index (κ3) is 4.81. The Kier molecular flexibility index (Phi) is 6.62. The van der Waals surface area contributed by atoms with Crippen LogP contribution < -0.4 is 10.1 Å². The summed E-state index contributed by atoms with van der Waals surface area (Å²) in [5.74, 6) is 1.60. The fourth-order valence-electron chi connectivity index (χ4n) is 4.45. The lowest BCUT2D eigenvalue weighted by atomic mass is 9.97. The number of hydrogen-bond donors (Lipinski definition) is 1. The third-order valence-electron chi connectivity index (χ3n) is 6.28. The molecule has 1 unspecified atom stereocenters. The van der Waals surface area contributed by atoms with Crippen molar-refractivity contribution < 1.29 is 9.53 Å². The van der Waals surface area contributed by atoms with Crippen LogP contribution in [0.5, 0.6) is 5.88 Å². The Morgan fingerprint density at radius 1 is 1.10 bits per heavy atom.